The molecule has 2 fully saturated rings. The van der Waals surface area contributed by atoms with Gasteiger partial charge in [0.2, 0.25) is 17.7 Å². The number of nitrogens with zero attached hydrogens (tertiary/aromatic N) is 5. The Bertz CT molecular complexity index is 2600. The van der Waals surface area contributed by atoms with Crippen molar-refractivity contribution in [2.45, 2.75) is 77.2 Å². The molecular weight excluding hydrogens is 827 g/mol. The van der Waals surface area contributed by atoms with Gasteiger partial charge in [0.1, 0.15) is 11.4 Å². The van der Waals surface area contributed by atoms with E-state index in [-0.39, 0.29) is 72.8 Å². The van der Waals surface area contributed by atoms with E-state index in [1.807, 2.05) is 24.3 Å². The lowest BCUT2D eigenvalue weighted by molar-refractivity contribution is -0.120. The standard InChI is InChI=1S/C43H44Cl2N8O8/c1-43(2,3)61-42(59)53(21-26-13-16-35(55)48-26)22-33-50-38-31(39(56)51-33)17-24(18-46-38)27-7-5-8-28(36(27)44)29-9-6-10-30(37(29)45)32-14-11-23(40(49-32)60-4)19-52(41(57)58)20-25-12-15-34(54)47-25/h5-11,14,17-18,25-26H,12-13,15-16,19-22H2,1-4H3,(H,47,54)(H,48,55)(H,57,58)(H,46,50,51,56)/t25-,26-/m0/s1. The molecule has 2 aliphatic rings. The van der Waals surface area contributed by atoms with E-state index < -0.39 is 23.3 Å². The first-order valence-corrected chi connectivity index (χ1v) is 20.4. The normalized spacial score (nSPS) is 16.3. The van der Waals surface area contributed by atoms with Crippen LogP contribution in [0.1, 0.15) is 57.8 Å². The molecule has 4 N–H and O–H groups in total. The van der Waals surface area contributed by atoms with Crippen LogP contribution in [-0.4, -0.2) is 96.7 Å². The summed E-state index contributed by atoms with van der Waals surface area (Å²) in [4.78, 5) is 81.6. The number of aromatic nitrogens is 4. The Hall–Kier alpha value is -6.26. The van der Waals surface area contributed by atoms with Crippen molar-refractivity contribution in [3.05, 3.63) is 92.6 Å². The number of ether oxygens (including phenoxy) is 2. The number of hydrogen-bond acceptors (Lipinski definition) is 10. The number of halogens is 2. The summed E-state index contributed by atoms with van der Waals surface area (Å²) in [6.07, 6.45) is 1.66. The molecule has 0 saturated carbocycles. The minimum Gasteiger partial charge on any atom is -0.481 e. The van der Waals surface area contributed by atoms with Gasteiger partial charge in [-0.05, 0) is 51.8 Å². The number of pyridine rings is 2. The maximum absolute atomic E-state index is 13.5. The highest BCUT2D eigenvalue weighted by Crippen LogP contribution is 2.42. The Balaban J connectivity index is 1.14. The molecule has 0 spiro atoms. The predicted octanol–water partition coefficient (Wildman–Crippen LogP) is 6.80. The molecule has 3 aromatic heterocycles. The van der Waals surface area contributed by atoms with Crippen LogP contribution in [0.15, 0.2) is 65.6 Å². The summed E-state index contributed by atoms with van der Waals surface area (Å²) in [5.41, 5.74) is 2.86. The molecule has 0 aliphatic carbocycles. The van der Waals surface area contributed by atoms with Gasteiger partial charge in [0, 0.05) is 77.6 Å². The van der Waals surface area contributed by atoms with Gasteiger partial charge >= 0.3 is 12.2 Å². The first-order valence-electron chi connectivity index (χ1n) is 19.6. The zero-order chi connectivity index (χ0) is 43.6. The second kappa shape index (κ2) is 17.8. The first-order chi connectivity index (χ1) is 29.1. The van der Waals surface area contributed by atoms with Crippen LogP contribution in [-0.2, 0) is 27.4 Å². The lowest BCUT2D eigenvalue weighted by Crippen LogP contribution is -2.44. The lowest BCUT2D eigenvalue weighted by Gasteiger charge is -2.28. The third-order valence-electron chi connectivity index (χ3n) is 10.3. The summed E-state index contributed by atoms with van der Waals surface area (Å²) >= 11 is 14.2. The van der Waals surface area contributed by atoms with Gasteiger partial charge in [-0.3, -0.25) is 19.3 Å². The fourth-order valence-corrected chi connectivity index (χ4v) is 8.06. The zero-order valence-corrected chi connectivity index (χ0v) is 35.4. The van der Waals surface area contributed by atoms with E-state index in [0.717, 1.165) is 0 Å². The van der Waals surface area contributed by atoms with E-state index in [1.54, 1.807) is 57.3 Å². The number of rotatable bonds is 12. The zero-order valence-electron chi connectivity index (χ0n) is 33.9. The molecule has 0 radical (unpaired) electrons. The Labute approximate surface area is 360 Å². The summed E-state index contributed by atoms with van der Waals surface area (Å²) < 4.78 is 11.2. The lowest BCUT2D eigenvalue weighted by atomic mass is 9.97. The van der Waals surface area contributed by atoms with Crippen LogP contribution in [0.4, 0.5) is 9.59 Å². The van der Waals surface area contributed by atoms with Crippen LogP contribution in [0.3, 0.4) is 0 Å². The third kappa shape index (κ3) is 9.87. The second-order valence-electron chi connectivity index (χ2n) is 15.9. The number of amides is 4. The van der Waals surface area contributed by atoms with Crippen molar-refractivity contribution < 1.29 is 33.8 Å². The highest BCUT2D eigenvalue weighted by Gasteiger charge is 2.30. The molecular formula is C43H44Cl2N8O8. The minimum absolute atomic E-state index is 0.00386. The van der Waals surface area contributed by atoms with Gasteiger partial charge in [-0.2, -0.15) is 0 Å². The van der Waals surface area contributed by atoms with E-state index in [2.05, 4.69) is 25.6 Å². The fourth-order valence-electron chi connectivity index (χ4n) is 7.39. The average molecular weight is 872 g/mol. The van der Waals surface area contributed by atoms with Crippen molar-refractivity contribution in [1.29, 1.82) is 0 Å². The predicted molar refractivity (Wildman–Crippen MR) is 228 cm³/mol. The van der Waals surface area contributed by atoms with E-state index in [4.69, 9.17) is 37.7 Å². The molecule has 5 aromatic rings. The number of H-pyrrole nitrogens is 1. The molecule has 318 valence electrons. The van der Waals surface area contributed by atoms with Crippen LogP contribution >= 0.6 is 23.2 Å². The summed E-state index contributed by atoms with van der Waals surface area (Å²) in [7, 11) is 1.45. The van der Waals surface area contributed by atoms with Crippen molar-refractivity contribution in [3.8, 4) is 39.4 Å². The summed E-state index contributed by atoms with van der Waals surface area (Å²) in [5, 5.41) is 16.5. The Kier molecular flexibility index (Phi) is 12.5. The van der Waals surface area contributed by atoms with Crippen LogP contribution in [0.5, 0.6) is 5.88 Å². The molecule has 5 heterocycles. The Morgan fingerprint density at radius 2 is 1.44 bits per heavy atom. The largest absolute Gasteiger partial charge is 0.481 e. The number of carbonyl (C=O) groups is 4. The third-order valence-corrected chi connectivity index (χ3v) is 11.1. The van der Waals surface area contributed by atoms with Gasteiger partial charge < -0.3 is 35.1 Å². The van der Waals surface area contributed by atoms with Crippen molar-refractivity contribution in [3.63, 3.8) is 0 Å². The monoisotopic (exact) mass is 870 g/mol. The molecule has 2 aromatic carbocycles. The number of carbonyl (C=O) groups excluding carboxylic acids is 3. The molecule has 2 atom stereocenters. The van der Waals surface area contributed by atoms with Gasteiger partial charge in [0.05, 0.1) is 41.3 Å². The van der Waals surface area contributed by atoms with Gasteiger partial charge in [-0.1, -0.05) is 59.6 Å². The van der Waals surface area contributed by atoms with E-state index in [0.29, 0.717) is 74.8 Å². The number of hydrogen-bond donors (Lipinski definition) is 4. The highest BCUT2D eigenvalue weighted by molar-refractivity contribution is 6.39. The van der Waals surface area contributed by atoms with Crippen LogP contribution in [0.25, 0.3) is 44.5 Å². The van der Waals surface area contributed by atoms with Gasteiger partial charge in [0.15, 0.2) is 5.65 Å². The molecule has 0 bridgehead atoms. The van der Waals surface area contributed by atoms with Crippen molar-refractivity contribution >= 4 is 58.2 Å². The first kappa shape index (κ1) is 42.8. The van der Waals surface area contributed by atoms with Crippen LogP contribution in [0.2, 0.25) is 10.0 Å². The van der Waals surface area contributed by atoms with Crippen LogP contribution < -0.4 is 20.9 Å². The number of nitrogens with one attached hydrogen (secondary N) is 3. The second-order valence-corrected chi connectivity index (χ2v) is 16.7. The molecule has 18 heteroatoms. The molecule has 61 heavy (non-hydrogen) atoms. The van der Waals surface area contributed by atoms with E-state index >= 15 is 0 Å². The van der Waals surface area contributed by atoms with Crippen LogP contribution in [0, 0.1) is 0 Å². The quantitative estimate of drug-likeness (QED) is 0.102. The number of carboxylic acid groups (broad SMARTS) is 1. The smallest absolute Gasteiger partial charge is 0.410 e. The number of benzene rings is 2. The van der Waals surface area contributed by atoms with E-state index in [1.165, 1.54) is 16.9 Å². The number of aromatic amines is 1. The molecule has 2 saturated heterocycles. The summed E-state index contributed by atoms with van der Waals surface area (Å²) in [6, 6.07) is 15.5. The molecule has 2 aliphatic heterocycles. The van der Waals surface area contributed by atoms with Gasteiger partial charge in [-0.15, -0.1) is 0 Å². The van der Waals surface area contributed by atoms with E-state index in [9.17, 15) is 29.1 Å². The maximum atomic E-state index is 13.5. The van der Waals surface area contributed by atoms with Gasteiger partial charge in [0.25, 0.3) is 5.56 Å². The SMILES string of the molecule is COc1nc(-c2cccc(-c3cccc(-c4cnc5nc(CN(C[C@@H]6CCC(=O)N6)C(=O)OC(C)(C)C)[nH]c(=O)c5c4)c3Cl)c2Cl)ccc1CN(C[C@@H]1CCC(=O)N1)C(=O)O. The van der Waals surface area contributed by atoms with Gasteiger partial charge in [-0.25, -0.2) is 24.5 Å². The molecule has 0 unspecified atom stereocenters. The highest BCUT2D eigenvalue weighted by atomic mass is 35.5. The number of fused-ring (bicyclic) bond motifs is 1. The molecule has 4 amide bonds. The maximum Gasteiger partial charge on any atom is 0.410 e. The van der Waals surface area contributed by atoms with Crippen molar-refractivity contribution in [2.24, 2.45) is 0 Å². The topological polar surface area (TPSA) is 209 Å². The van der Waals surface area contributed by atoms with Crippen molar-refractivity contribution in [2.75, 3.05) is 20.2 Å². The summed E-state index contributed by atoms with van der Waals surface area (Å²) in [6.45, 7) is 5.48. The minimum atomic E-state index is -1.13. The Morgan fingerprint density at radius 3 is 2.03 bits per heavy atom. The number of methoxy groups -OCH3 is 1. The Morgan fingerprint density at radius 1 is 0.836 bits per heavy atom. The summed E-state index contributed by atoms with van der Waals surface area (Å²) in [5.74, 6) is 0.229. The molecule has 7 rings (SSSR count). The molecule has 16 nitrogen and oxygen atoms in total. The van der Waals surface area contributed by atoms with Crippen molar-refractivity contribution in [1.82, 2.24) is 40.4 Å². The fraction of sp³-hybridized carbons (Fsp3) is 0.349. The average Bonchev–Trinajstić information content (AvgIpc) is 3.83.